The van der Waals surface area contributed by atoms with E-state index in [-0.39, 0.29) is 18.2 Å². The fraction of sp³-hybridized carbons (Fsp3) is 0.650. The van der Waals surface area contributed by atoms with Crippen LogP contribution in [0.2, 0.25) is 0 Å². The summed E-state index contributed by atoms with van der Waals surface area (Å²) < 4.78 is 0. The van der Waals surface area contributed by atoms with Crippen molar-refractivity contribution in [2.75, 3.05) is 13.1 Å². The molecule has 1 saturated carbocycles. The van der Waals surface area contributed by atoms with E-state index in [0.29, 0.717) is 12.6 Å². The van der Waals surface area contributed by atoms with E-state index >= 15 is 0 Å². The van der Waals surface area contributed by atoms with Gasteiger partial charge in [-0.25, -0.2) is 4.79 Å². The second kappa shape index (κ2) is 9.20. The van der Waals surface area contributed by atoms with Gasteiger partial charge in [0.05, 0.1) is 6.10 Å². The Labute approximate surface area is 150 Å². The Balaban J connectivity index is 1.44. The number of hydrogen-bond acceptors (Lipinski definition) is 3. The second-order valence-corrected chi connectivity index (χ2v) is 7.47. The minimum atomic E-state index is -0.185. The van der Waals surface area contributed by atoms with Gasteiger partial charge in [-0.15, -0.1) is 0 Å². The lowest BCUT2D eigenvalue weighted by atomic mass is 9.93. The van der Waals surface area contributed by atoms with Gasteiger partial charge in [0.1, 0.15) is 0 Å². The number of nitrogens with zero attached hydrogens (tertiary/aromatic N) is 1. The summed E-state index contributed by atoms with van der Waals surface area (Å²) in [5.74, 6) is 0. The summed E-state index contributed by atoms with van der Waals surface area (Å²) in [6.45, 7) is 2.76. The van der Waals surface area contributed by atoms with Crippen LogP contribution in [0.1, 0.15) is 50.5 Å². The zero-order valence-electron chi connectivity index (χ0n) is 15.0. The van der Waals surface area contributed by atoms with Gasteiger partial charge < -0.3 is 15.7 Å². The molecule has 0 radical (unpaired) electrons. The lowest BCUT2D eigenvalue weighted by Crippen LogP contribution is -2.50. The van der Waals surface area contributed by atoms with Crippen molar-refractivity contribution in [2.45, 2.75) is 69.7 Å². The summed E-state index contributed by atoms with van der Waals surface area (Å²) in [6.07, 6.45) is 6.75. The van der Waals surface area contributed by atoms with Crippen molar-refractivity contribution in [1.29, 1.82) is 0 Å². The van der Waals surface area contributed by atoms with Crippen molar-refractivity contribution in [1.82, 2.24) is 15.5 Å². The molecular weight excluding hydrogens is 314 g/mol. The molecule has 1 heterocycles. The third kappa shape index (κ3) is 5.72. The van der Waals surface area contributed by atoms with Crippen LogP contribution in [0.5, 0.6) is 0 Å². The van der Waals surface area contributed by atoms with E-state index in [2.05, 4.69) is 39.8 Å². The molecule has 1 aliphatic carbocycles. The highest BCUT2D eigenvalue weighted by Gasteiger charge is 2.24. The molecule has 138 valence electrons. The van der Waals surface area contributed by atoms with Crippen molar-refractivity contribution >= 4 is 6.03 Å². The van der Waals surface area contributed by atoms with Gasteiger partial charge in [-0.1, -0.05) is 36.8 Å². The van der Waals surface area contributed by atoms with Gasteiger partial charge in [0.2, 0.25) is 0 Å². The zero-order valence-corrected chi connectivity index (χ0v) is 15.0. The fourth-order valence-electron chi connectivity index (χ4n) is 3.98. The normalized spacial score (nSPS) is 27.6. The third-order valence-electron chi connectivity index (χ3n) is 5.51. The molecule has 3 rings (SSSR count). The first kappa shape index (κ1) is 18.2. The maximum atomic E-state index is 12.2. The van der Waals surface area contributed by atoms with Crippen LogP contribution in [-0.4, -0.2) is 47.3 Å². The number of likely N-dealkylation sites (tertiary alicyclic amines) is 1. The van der Waals surface area contributed by atoms with Crippen LogP contribution in [0.4, 0.5) is 4.79 Å². The Bertz CT molecular complexity index is 529. The maximum Gasteiger partial charge on any atom is 0.315 e. The van der Waals surface area contributed by atoms with E-state index in [1.54, 1.807) is 0 Å². The summed E-state index contributed by atoms with van der Waals surface area (Å²) in [5.41, 5.74) is 1.33. The maximum absolute atomic E-state index is 12.2. The molecule has 0 spiro atoms. The molecule has 1 aromatic rings. The van der Waals surface area contributed by atoms with Crippen LogP contribution in [0, 0.1) is 0 Å². The lowest BCUT2D eigenvalue weighted by molar-refractivity contribution is 0.116. The van der Waals surface area contributed by atoms with Crippen LogP contribution in [-0.2, 0) is 6.54 Å². The number of piperidine rings is 1. The van der Waals surface area contributed by atoms with Crippen molar-refractivity contribution in [3.8, 4) is 0 Å². The number of benzene rings is 1. The van der Waals surface area contributed by atoms with E-state index < -0.39 is 0 Å². The molecule has 5 heteroatoms. The number of aliphatic hydroxyl groups excluding tert-OH is 1. The van der Waals surface area contributed by atoms with Gasteiger partial charge in [-0.3, -0.25) is 4.90 Å². The van der Waals surface area contributed by atoms with Gasteiger partial charge in [0.15, 0.2) is 0 Å². The van der Waals surface area contributed by atoms with Crippen molar-refractivity contribution < 1.29 is 9.90 Å². The molecule has 0 bridgehead atoms. The smallest absolute Gasteiger partial charge is 0.315 e. The van der Waals surface area contributed by atoms with Crippen LogP contribution in [0.15, 0.2) is 30.3 Å². The molecule has 3 N–H and O–H groups in total. The number of urea groups is 1. The van der Waals surface area contributed by atoms with Crippen molar-refractivity contribution in [3.05, 3.63) is 35.9 Å². The number of carbonyl (C=O) groups is 1. The lowest BCUT2D eigenvalue weighted by Gasteiger charge is -2.36. The molecule has 1 unspecified atom stereocenters. The van der Waals surface area contributed by atoms with E-state index in [1.165, 1.54) is 18.4 Å². The van der Waals surface area contributed by atoms with Crippen molar-refractivity contribution in [3.63, 3.8) is 0 Å². The number of aliphatic hydroxyl groups is 1. The third-order valence-corrected chi connectivity index (χ3v) is 5.51. The highest BCUT2D eigenvalue weighted by Crippen LogP contribution is 2.20. The van der Waals surface area contributed by atoms with Gasteiger partial charge in [0.25, 0.3) is 0 Å². The second-order valence-electron chi connectivity index (χ2n) is 7.47. The van der Waals surface area contributed by atoms with E-state index in [1.807, 2.05) is 6.07 Å². The molecule has 2 fully saturated rings. The van der Waals surface area contributed by atoms with E-state index in [9.17, 15) is 9.90 Å². The molecule has 1 aromatic carbocycles. The molecule has 2 aliphatic rings. The first-order valence-corrected chi connectivity index (χ1v) is 9.71. The number of hydrogen-bond donors (Lipinski definition) is 3. The molecule has 0 aromatic heterocycles. The Kier molecular flexibility index (Phi) is 6.70. The Morgan fingerprint density at radius 2 is 1.84 bits per heavy atom. The highest BCUT2D eigenvalue weighted by molar-refractivity contribution is 5.74. The topological polar surface area (TPSA) is 64.6 Å². The van der Waals surface area contributed by atoms with E-state index in [0.717, 1.165) is 45.2 Å². The average Bonchev–Trinajstić information content (AvgIpc) is 2.64. The predicted octanol–water partition coefficient (Wildman–Crippen LogP) is 2.64. The van der Waals surface area contributed by atoms with E-state index in [4.69, 9.17) is 0 Å². The molecule has 25 heavy (non-hydrogen) atoms. The minimum absolute atomic E-state index is 0.0633. The van der Waals surface area contributed by atoms with Crippen molar-refractivity contribution in [2.24, 2.45) is 0 Å². The Morgan fingerprint density at radius 3 is 2.60 bits per heavy atom. The standard InChI is InChI=1S/C20H31N3O2/c24-19-11-9-17(10-12-19)22-20(25)21-14-18-8-4-5-13-23(18)15-16-6-2-1-3-7-16/h1-3,6-7,17-19,24H,4-5,8-15H2,(H2,21,22,25). The van der Waals surface area contributed by atoms with Gasteiger partial charge in [0, 0.05) is 25.2 Å². The average molecular weight is 345 g/mol. The summed E-state index contributed by atoms with van der Waals surface area (Å²) in [7, 11) is 0. The molecule has 1 aliphatic heterocycles. The number of nitrogens with one attached hydrogen (secondary N) is 2. The highest BCUT2D eigenvalue weighted by atomic mass is 16.3. The summed E-state index contributed by atoms with van der Waals surface area (Å²) >= 11 is 0. The summed E-state index contributed by atoms with van der Waals surface area (Å²) in [6, 6.07) is 11.1. The predicted molar refractivity (Wildman–Crippen MR) is 99.3 cm³/mol. The molecular formula is C20H31N3O2. The molecule has 1 atom stereocenters. The molecule has 1 saturated heterocycles. The van der Waals surface area contributed by atoms with Gasteiger partial charge >= 0.3 is 6.03 Å². The fourth-order valence-corrected chi connectivity index (χ4v) is 3.98. The monoisotopic (exact) mass is 345 g/mol. The summed E-state index contributed by atoms with van der Waals surface area (Å²) in [4.78, 5) is 14.7. The molecule has 5 nitrogen and oxygen atoms in total. The van der Waals surface area contributed by atoms with Crippen LogP contribution < -0.4 is 10.6 Å². The van der Waals surface area contributed by atoms with Gasteiger partial charge in [-0.05, 0) is 50.6 Å². The first-order valence-electron chi connectivity index (χ1n) is 9.71. The van der Waals surface area contributed by atoms with Crippen LogP contribution >= 0.6 is 0 Å². The largest absolute Gasteiger partial charge is 0.393 e. The van der Waals surface area contributed by atoms with Crippen LogP contribution in [0.25, 0.3) is 0 Å². The zero-order chi connectivity index (χ0) is 17.5. The quantitative estimate of drug-likeness (QED) is 0.769. The Morgan fingerprint density at radius 1 is 1.08 bits per heavy atom. The molecule has 2 amide bonds. The number of rotatable bonds is 5. The van der Waals surface area contributed by atoms with Crippen LogP contribution in [0.3, 0.4) is 0 Å². The number of amides is 2. The van der Waals surface area contributed by atoms with Gasteiger partial charge in [-0.2, -0.15) is 0 Å². The Hall–Kier alpha value is -1.59. The summed E-state index contributed by atoms with van der Waals surface area (Å²) in [5, 5.41) is 15.7. The minimum Gasteiger partial charge on any atom is -0.393 e. The SMILES string of the molecule is O=C(NCC1CCCCN1Cc1ccccc1)NC1CCC(O)CC1. The first-order chi connectivity index (χ1) is 12.2. The number of carbonyl (C=O) groups excluding carboxylic acids is 1.